The molecule has 2 N–H and O–H groups in total. The molecule has 9 nitrogen and oxygen atoms in total. The minimum absolute atomic E-state index is 0.229. The molecule has 0 amide bonds. The fraction of sp³-hybridized carbons (Fsp3) is 0.344. The molecule has 1 atom stereocenters. The van der Waals surface area contributed by atoms with Gasteiger partial charge in [0.1, 0.15) is 5.75 Å². The van der Waals surface area contributed by atoms with Crippen LogP contribution < -0.4 is 14.8 Å². The maximum atomic E-state index is 13.4. The van der Waals surface area contributed by atoms with Gasteiger partial charge in [-0.25, -0.2) is 9.59 Å². The third-order valence-corrected chi connectivity index (χ3v) is 7.99. The number of hydrogen-bond acceptors (Lipinski definition) is 8. The van der Waals surface area contributed by atoms with Crippen molar-refractivity contribution in [1.29, 1.82) is 0 Å². The highest BCUT2D eigenvalue weighted by atomic mass is 35.5. The van der Waals surface area contributed by atoms with Crippen LogP contribution in [0.1, 0.15) is 51.0 Å². The topological polar surface area (TPSA) is 112 Å². The van der Waals surface area contributed by atoms with Gasteiger partial charge in [-0.3, -0.25) is 5.10 Å². The van der Waals surface area contributed by atoms with Gasteiger partial charge in [-0.1, -0.05) is 35.3 Å². The Kier molecular flexibility index (Phi) is 11.1. The Balaban J connectivity index is 1.27. The molecule has 1 aromatic heterocycles. The lowest BCUT2D eigenvalue weighted by Gasteiger charge is -2.30. The van der Waals surface area contributed by atoms with E-state index in [1.807, 2.05) is 30.3 Å². The number of unbranched alkanes of at least 4 members (excludes halogenated alkanes) is 3. The minimum Gasteiger partial charge on any atom is -0.497 e. The summed E-state index contributed by atoms with van der Waals surface area (Å²) in [5.41, 5.74) is 4.07. The fourth-order valence-corrected chi connectivity index (χ4v) is 5.39. The molecule has 228 valence electrons. The summed E-state index contributed by atoms with van der Waals surface area (Å²) >= 11 is 12.8. The second-order valence-corrected chi connectivity index (χ2v) is 10.8. The Bertz CT molecular complexity index is 1510. The van der Waals surface area contributed by atoms with E-state index in [0.717, 1.165) is 36.3 Å². The van der Waals surface area contributed by atoms with Crippen LogP contribution in [0.4, 0.5) is 0 Å². The summed E-state index contributed by atoms with van der Waals surface area (Å²) in [6.45, 7) is 4.26. The number of halogens is 2. The normalized spacial score (nSPS) is 14.8. The summed E-state index contributed by atoms with van der Waals surface area (Å²) in [7, 11) is 2.93. The zero-order valence-corrected chi connectivity index (χ0v) is 26.1. The van der Waals surface area contributed by atoms with E-state index in [0.29, 0.717) is 40.9 Å². The lowest BCUT2D eigenvalue weighted by molar-refractivity contribution is -0.139. The average Bonchev–Trinajstić information content (AvgIpc) is 3.48. The number of benzene rings is 2. The number of methoxy groups -OCH3 is 2. The Morgan fingerprint density at radius 3 is 2.23 bits per heavy atom. The zero-order valence-electron chi connectivity index (χ0n) is 24.6. The maximum Gasteiger partial charge on any atom is 0.336 e. The zero-order chi connectivity index (χ0) is 30.9. The number of ether oxygens (including phenoxy) is 4. The summed E-state index contributed by atoms with van der Waals surface area (Å²) < 4.78 is 21.7. The van der Waals surface area contributed by atoms with Gasteiger partial charge in [0.05, 0.1) is 60.2 Å². The molecule has 11 heteroatoms. The van der Waals surface area contributed by atoms with E-state index in [9.17, 15) is 9.59 Å². The number of dihydropyridines is 1. The third-order valence-electron chi connectivity index (χ3n) is 7.16. The molecular weight excluding hydrogens is 593 g/mol. The van der Waals surface area contributed by atoms with Gasteiger partial charge in [0, 0.05) is 17.5 Å². The Hall–Kier alpha value is -3.95. The van der Waals surface area contributed by atoms with Crippen LogP contribution in [0.3, 0.4) is 0 Å². The Morgan fingerprint density at radius 2 is 1.56 bits per heavy atom. The lowest BCUT2D eigenvalue weighted by Crippen LogP contribution is -2.32. The van der Waals surface area contributed by atoms with Crippen molar-refractivity contribution >= 4 is 35.1 Å². The van der Waals surface area contributed by atoms with Gasteiger partial charge in [-0.2, -0.15) is 0 Å². The first kappa shape index (κ1) is 32.0. The van der Waals surface area contributed by atoms with Crippen LogP contribution in [0.15, 0.2) is 71.1 Å². The van der Waals surface area contributed by atoms with Crippen LogP contribution in [0.2, 0.25) is 10.0 Å². The molecule has 3 aromatic rings. The number of carbonyl (C=O) groups is 2. The number of esters is 2. The van der Waals surface area contributed by atoms with E-state index >= 15 is 0 Å². The highest BCUT2D eigenvalue weighted by molar-refractivity contribution is 6.42. The number of nitrogens with zero attached hydrogens (tertiary/aromatic N) is 1. The van der Waals surface area contributed by atoms with E-state index in [-0.39, 0.29) is 22.8 Å². The first-order valence-electron chi connectivity index (χ1n) is 14.0. The minimum atomic E-state index is -0.795. The summed E-state index contributed by atoms with van der Waals surface area (Å²) in [5.74, 6) is -0.571. The predicted molar refractivity (Wildman–Crippen MR) is 165 cm³/mol. The third kappa shape index (κ3) is 7.72. The summed E-state index contributed by atoms with van der Waals surface area (Å²) in [6.07, 6.45) is 3.25. The number of hydrogen-bond donors (Lipinski definition) is 2. The molecule has 4 rings (SSSR count). The number of aromatic nitrogens is 2. The quantitative estimate of drug-likeness (QED) is 0.154. The van der Waals surface area contributed by atoms with Crippen molar-refractivity contribution in [2.75, 3.05) is 27.4 Å². The molecule has 0 spiro atoms. The van der Waals surface area contributed by atoms with E-state index < -0.39 is 17.9 Å². The van der Waals surface area contributed by atoms with Gasteiger partial charge in [-0.05, 0) is 81.0 Å². The average molecular weight is 629 g/mol. The molecule has 0 saturated carbocycles. The van der Waals surface area contributed by atoms with Crippen molar-refractivity contribution < 1.29 is 28.5 Å². The van der Waals surface area contributed by atoms with Crippen LogP contribution in [0.25, 0.3) is 11.3 Å². The molecule has 1 unspecified atom stereocenters. The first-order valence-corrected chi connectivity index (χ1v) is 14.7. The molecule has 0 saturated heterocycles. The van der Waals surface area contributed by atoms with E-state index in [1.165, 1.54) is 7.11 Å². The summed E-state index contributed by atoms with van der Waals surface area (Å²) in [6, 6.07) is 14.7. The highest BCUT2D eigenvalue weighted by Crippen LogP contribution is 2.43. The standard InChI is InChI=1S/C32H35Cl2N3O6/c1-19-27(31(38)41-4)29(23-10-9-11-24(33)30(23)34)28(20(2)35-19)32(39)43-17-8-6-5-7-16-42-26-18-25(36-37-26)21-12-14-22(40-3)15-13-21/h9-15,18,29,35H,5-8,16-17H2,1-4H3,(H,36,37). The van der Waals surface area contributed by atoms with Crippen LogP contribution in [0, 0.1) is 0 Å². The second-order valence-electron chi connectivity index (χ2n) is 10.0. The summed E-state index contributed by atoms with van der Waals surface area (Å²) in [4.78, 5) is 26.2. The van der Waals surface area contributed by atoms with Gasteiger partial charge in [0.25, 0.3) is 0 Å². The number of rotatable bonds is 13. The van der Waals surface area contributed by atoms with E-state index in [1.54, 1.807) is 39.2 Å². The van der Waals surface area contributed by atoms with Gasteiger partial charge in [0.15, 0.2) is 0 Å². The molecule has 1 aliphatic rings. The van der Waals surface area contributed by atoms with Crippen LogP contribution >= 0.6 is 23.2 Å². The molecule has 1 aliphatic heterocycles. The van der Waals surface area contributed by atoms with Gasteiger partial charge < -0.3 is 24.3 Å². The molecule has 2 heterocycles. The fourth-order valence-electron chi connectivity index (χ4n) is 4.97. The SMILES string of the molecule is COC(=O)C1=C(C)NC(C)=C(C(=O)OCCCCCCOc2cc(-c3ccc(OC)cc3)[nH]n2)C1c1cccc(Cl)c1Cl. The highest BCUT2D eigenvalue weighted by Gasteiger charge is 2.39. The lowest BCUT2D eigenvalue weighted by atomic mass is 9.80. The van der Waals surface area contributed by atoms with Crippen LogP contribution in [0.5, 0.6) is 11.6 Å². The van der Waals surface area contributed by atoms with Crippen LogP contribution in [-0.4, -0.2) is 49.6 Å². The molecule has 0 aliphatic carbocycles. The number of nitrogens with one attached hydrogen (secondary N) is 2. The maximum absolute atomic E-state index is 13.4. The van der Waals surface area contributed by atoms with Gasteiger partial charge in [-0.15, -0.1) is 5.10 Å². The first-order chi connectivity index (χ1) is 20.7. The molecule has 0 fully saturated rings. The van der Waals surface area contributed by atoms with E-state index in [4.69, 9.17) is 42.1 Å². The van der Waals surface area contributed by atoms with Gasteiger partial charge in [0.2, 0.25) is 5.88 Å². The molecule has 43 heavy (non-hydrogen) atoms. The second kappa shape index (κ2) is 15.0. The molecule has 0 bridgehead atoms. The number of H-pyrrole nitrogens is 1. The molecule has 0 radical (unpaired) electrons. The predicted octanol–water partition coefficient (Wildman–Crippen LogP) is 6.98. The van der Waals surface area contributed by atoms with Crippen molar-refractivity contribution in [3.63, 3.8) is 0 Å². The van der Waals surface area contributed by atoms with Crippen molar-refractivity contribution in [3.8, 4) is 22.9 Å². The van der Waals surface area contributed by atoms with Crippen molar-refractivity contribution in [2.45, 2.75) is 45.4 Å². The van der Waals surface area contributed by atoms with E-state index in [2.05, 4.69) is 15.5 Å². The van der Waals surface area contributed by atoms with Crippen molar-refractivity contribution in [2.24, 2.45) is 0 Å². The number of allylic oxidation sites excluding steroid dienone is 2. The molecular formula is C32H35Cl2N3O6. The van der Waals surface area contributed by atoms with Gasteiger partial charge >= 0.3 is 11.9 Å². The molecule has 2 aromatic carbocycles. The summed E-state index contributed by atoms with van der Waals surface area (Å²) in [5, 5.41) is 10.9. The van der Waals surface area contributed by atoms with Crippen molar-refractivity contribution in [3.05, 3.63) is 86.7 Å². The van der Waals surface area contributed by atoms with Crippen molar-refractivity contribution in [1.82, 2.24) is 15.5 Å². The Morgan fingerprint density at radius 1 is 0.884 bits per heavy atom. The monoisotopic (exact) mass is 627 g/mol. The van der Waals surface area contributed by atoms with Crippen LogP contribution in [-0.2, 0) is 19.1 Å². The number of aromatic amines is 1. The Labute approximate surface area is 261 Å². The number of carbonyl (C=O) groups excluding carboxylic acids is 2. The largest absolute Gasteiger partial charge is 0.497 e. The smallest absolute Gasteiger partial charge is 0.336 e.